The zero-order valence-corrected chi connectivity index (χ0v) is 10.8. The maximum absolute atomic E-state index is 5.59. The third kappa shape index (κ3) is 4.82. The lowest BCUT2D eigenvalue weighted by Gasteiger charge is -2.12. The highest BCUT2D eigenvalue weighted by molar-refractivity contribution is 6.25. The van der Waals surface area contributed by atoms with Gasteiger partial charge >= 0.3 is 0 Å². The van der Waals surface area contributed by atoms with Crippen molar-refractivity contribution in [2.45, 2.75) is 26.2 Å². The maximum Gasteiger partial charge on any atom is 0.0173 e. The first-order valence-corrected chi connectivity index (χ1v) is 6.19. The molecule has 1 aromatic rings. The third-order valence-electron chi connectivity index (χ3n) is 2.71. The summed E-state index contributed by atoms with van der Waals surface area (Å²) >= 11 is 5.59. The molecule has 0 aromatic heterocycles. The van der Waals surface area contributed by atoms with Crippen LogP contribution in [-0.4, -0.2) is 13.1 Å². The first-order chi connectivity index (χ1) is 7.74. The molecule has 0 aliphatic rings. The molecule has 1 unspecified atom stereocenters. The first kappa shape index (κ1) is 13.3. The van der Waals surface area contributed by atoms with Crippen LogP contribution < -0.4 is 5.32 Å². The minimum atomic E-state index is 0.606. The Balaban J connectivity index is 2.23. The van der Waals surface area contributed by atoms with E-state index in [0.717, 1.165) is 19.5 Å². The van der Waals surface area contributed by atoms with Crippen LogP contribution in [0.1, 0.15) is 31.7 Å². The smallest absolute Gasteiger partial charge is 0.0173 e. The molecular formula is C14H20ClN. The van der Waals surface area contributed by atoms with Gasteiger partial charge in [-0.15, -0.1) is 0 Å². The van der Waals surface area contributed by atoms with Gasteiger partial charge in [-0.25, -0.2) is 0 Å². The number of halogens is 1. The Morgan fingerprint density at radius 3 is 2.69 bits per heavy atom. The van der Waals surface area contributed by atoms with Gasteiger partial charge in [-0.3, -0.25) is 0 Å². The largest absolute Gasteiger partial charge is 0.313 e. The van der Waals surface area contributed by atoms with E-state index in [2.05, 4.69) is 42.6 Å². The monoisotopic (exact) mass is 237 g/mol. The van der Waals surface area contributed by atoms with Crippen molar-refractivity contribution in [1.82, 2.24) is 5.32 Å². The molecule has 0 saturated heterocycles. The molecule has 1 nitrogen and oxygen atoms in total. The Kier molecular flexibility index (Phi) is 6.20. The van der Waals surface area contributed by atoms with Crippen molar-refractivity contribution in [2.24, 2.45) is 0 Å². The van der Waals surface area contributed by atoms with Gasteiger partial charge in [0, 0.05) is 12.1 Å². The molecule has 0 saturated carbocycles. The van der Waals surface area contributed by atoms with Crippen molar-refractivity contribution in [2.75, 3.05) is 13.1 Å². The van der Waals surface area contributed by atoms with E-state index in [9.17, 15) is 0 Å². The van der Waals surface area contributed by atoms with E-state index >= 15 is 0 Å². The molecule has 1 aromatic carbocycles. The number of benzene rings is 1. The van der Waals surface area contributed by atoms with Crippen molar-refractivity contribution >= 4 is 11.6 Å². The van der Waals surface area contributed by atoms with E-state index in [0.29, 0.717) is 5.92 Å². The fraction of sp³-hybridized carbons (Fsp3) is 0.429. The van der Waals surface area contributed by atoms with Crippen molar-refractivity contribution in [3.05, 3.63) is 47.0 Å². The van der Waals surface area contributed by atoms with Gasteiger partial charge in [-0.2, -0.15) is 0 Å². The summed E-state index contributed by atoms with van der Waals surface area (Å²) in [6.45, 7) is 6.20. The van der Waals surface area contributed by atoms with Gasteiger partial charge in [0.25, 0.3) is 0 Å². The summed E-state index contributed by atoms with van der Waals surface area (Å²) in [7, 11) is 0. The molecule has 1 rings (SSSR count). The minimum Gasteiger partial charge on any atom is -0.313 e. The lowest BCUT2D eigenvalue weighted by molar-refractivity contribution is 0.614. The second kappa shape index (κ2) is 7.48. The fourth-order valence-electron chi connectivity index (χ4n) is 1.59. The van der Waals surface area contributed by atoms with Crippen molar-refractivity contribution in [3.8, 4) is 0 Å². The van der Waals surface area contributed by atoms with Crippen LogP contribution in [0.4, 0.5) is 0 Å². The fourth-order valence-corrected chi connectivity index (χ4v) is 1.67. The molecule has 0 spiro atoms. The Morgan fingerprint density at radius 2 is 2.06 bits per heavy atom. The van der Waals surface area contributed by atoms with Crippen LogP contribution in [0.3, 0.4) is 0 Å². The third-order valence-corrected chi connectivity index (χ3v) is 3.09. The zero-order valence-electron chi connectivity index (χ0n) is 10.0. The molecule has 1 atom stereocenters. The summed E-state index contributed by atoms with van der Waals surface area (Å²) < 4.78 is 0. The van der Waals surface area contributed by atoms with Crippen LogP contribution in [0.2, 0.25) is 0 Å². The topological polar surface area (TPSA) is 12.0 Å². The zero-order chi connectivity index (χ0) is 11.8. The predicted octanol–water partition coefficient (Wildman–Crippen LogP) is 3.91. The average molecular weight is 238 g/mol. The van der Waals surface area contributed by atoms with Crippen LogP contribution in [0.5, 0.6) is 0 Å². The Morgan fingerprint density at radius 1 is 1.38 bits per heavy atom. The number of nitrogens with one attached hydrogen (secondary N) is 1. The van der Waals surface area contributed by atoms with E-state index in [1.54, 1.807) is 5.54 Å². The highest BCUT2D eigenvalue weighted by atomic mass is 35.5. The molecule has 88 valence electrons. The highest BCUT2D eigenvalue weighted by Gasteiger charge is 2.03. The Hall–Kier alpha value is -0.790. The average Bonchev–Trinajstić information content (AvgIpc) is 2.35. The normalized spacial score (nSPS) is 13.8. The highest BCUT2D eigenvalue weighted by Crippen LogP contribution is 2.17. The van der Waals surface area contributed by atoms with Crippen LogP contribution in [0, 0.1) is 0 Å². The molecule has 0 bridgehead atoms. The van der Waals surface area contributed by atoms with E-state index in [1.807, 2.05) is 6.92 Å². The summed E-state index contributed by atoms with van der Waals surface area (Å²) in [6.07, 6.45) is 1.15. The first-order valence-electron chi connectivity index (χ1n) is 5.75. The molecule has 1 N–H and O–H groups in total. The van der Waals surface area contributed by atoms with Gasteiger partial charge in [0.2, 0.25) is 0 Å². The molecule has 0 radical (unpaired) electrons. The Labute approximate surface area is 104 Å². The lowest BCUT2D eigenvalue weighted by Crippen LogP contribution is -2.18. The van der Waals surface area contributed by atoms with E-state index in [4.69, 9.17) is 11.6 Å². The number of hydrogen-bond donors (Lipinski definition) is 1. The van der Waals surface area contributed by atoms with Crippen LogP contribution in [0.15, 0.2) is 41.4 Å². The molecule has 2 heteroatoms. The maximum atomic E-state index is 5.59. The number of hydrogen-bond acceptors (Lipinski definition) is 1. The van der Waals surface area contributed by atoms with E-state index < -0.39 is 0 Å². The molecule has 16 heavy (non-hydrogen) atoms. The summed E-state index contributed by atoms with van der Waals surface area (Å²) in [4.78, 5) is 0. The second-order valence-corrected chi connectivity index (χ2v) is 4.45. The van der Waals surface area contributed by atoms with Gasteiger partial charge in [-0.1, -0.05) is 48.9 Å². The minimum absolute atomic E-state index is 0.606. The van der Waals surface area contributed by atoms with Crippen molar-refractivity contribution < 1.29 is 0 Å². The van der Waals surface area contributed by atoms with Crippen LogP contribution >= 0.6 is 11.6 Å². The molecular weight excluding hydrogens is 218 g/mol. The van der Waals surface area contributed by atoms with E-state index in [-0.39, 0.29) is 0 Å². The number of rotatable bonds is 6. The molecule has 0 heterocycles. The van der Waals surface area contributed by atoms with Crippen molar-refractivity contribution in [3.63, 3.8) is 0 Å². The van der Waals surface area contributed by atoms with Crippen LogP contribution in [-0.2, 0) is 0 Å². The van der Waals surface area contributed by atoms with E-state index in [1.165, 1.54) is 11.1 Å². The molecule has 0 amide bonds. The molecule has 0 aliphatic heterocycles. The standard InChI is InChI=1S/C14H20ClN/c1-12(10-15)11-16-9-8-13(2)14-6-4-3-5-7-14/h3-7,10,13,16H,8-9,11H2,1-2H3/b12-10+. The summed E-state index contributed by atoms with van der Waals surface area (Å²) in [5, 5.41) is 3.38. The van der Waals surface area contributed by atoms with Gasteiger partial charge in [0.05, 0.1) is 0 Å². The second-order valence-electron chi connectivity index (χ2n) is 4.23. The Bertz CT molecular complexity index is 319. The van der Waals surface area contributed by atoms with Gasteiger partial charge in [0.15, 0.2) is 0 Å². The summed E-state index contributed by atoms with van der Waals surface area (Å²) in [5.74, 6) is 0.606. The lowest BCUT2D eigenvalue weighted by atomic mass is 9.98. The van der Waals surface area contributed by atoms with Crippen LogP contribution in [0.25, 0.3) is 0 Å². The van der Waals surface area contributed by atoms with Gasteiger partial charge < -0.3 is 5.32 Å². The SMILES string of the molecule is C/C(=C\Cl)CNCCC(C)c1ccccc1. The molecule has 0 fully saturated rings. The quantitative estimate of drug-likeness (QED) is 0.740. The molecule has 0 aliphatic carbocycles. The summed E-state index contributed by atoms with van der Waals surface area (Å²) in [6, 6.07) is 10.6. The van der Waals surface area contributed by atoms with Gasteiger partial charge in [-0.05, 0) is 36.9 Å². The predicted molar refractivity (Wildman–Crippen MR) is 72.0 cm³/mol. The van der Waals surface area contributed by atoms with Crippen molar-refractivity contribution in [1.29, 1.82) is 0 Å². The van der Waals surface area contributed by atoms with Gasteiger partial charge in [0.1, 0.15) is 0 Å². The summed E-state index contributed by atoms with van der Waals surface area (Å²) in [5.41, 5.74) is 4.22.